The van der Waals surface area contributed by atoms with Gasteiger partial charge in [0.05, 0.1) is 31.1 Å². The molecule has 2 aromatic carbocycles. The number of fused-ring (bicyclic) bond motifs is 2. The predicted molar refractivity (Wildman–Crippen MR) is 134 cm³/mol. The summed E-state index contributed by atoms with van der Waals surface area (Å²) in [5.41, 5.74) is 1.48. The van der Waals surface area contributed by atoms with Gasteiger partial charge in [-0.15, -0.1) is 0 Å². The van der Waals surface area contributed by atoms with Crippen LogP contribution in [0.1, 0.15) is 36.0 Å². The lowest BCUT2D eigenvalue weighted by molar-refractivity contribution is -0.138. The van der Waals surface area contributed by atoms with E-state index in [4.69, 9.17) is 9.47 Å². The number of ether oxygens (including phenoxy) is 2. The van der Waals surface area contributed by atoms with Crippen molar-refractivity contribution in [1.82, 2.24) is 4.90 Å². The molecule has 3 aliphatic heterocycles. The number of rotatable bonds is 4. The number of hydrogen-bond donors (Lipinski definition) is 2. The minimum Gasteiger partial charge on any atom is -0.486 e. The van der Waals surface area contributed by atoms with E-state index < -0.39 is 23.2 Å². The average Bonchev–Trinajstić information content (AvgIpc) is 2.87. The molecule has 11 heteroatoms. The van der Waals surface area contributed by atoms with E-state index in [0.717, 1.165) is 17.7 Å². The molecule has 1 spiro atoms. The van der Waals surface area contributed by atoms with Crippen LogP contribution in [0.2, 0.25) is 0 Å². The van der Waals surface area contributed by atoms with Gasteiger partial charge in [0, 0.05) is 56.7 Å². The molecule has 3 aliphatic rings. The first-order valence-corrected chi connectivity index (χ1v) is 12.3. The summed E-state index contributed by atoms with van der Waals surface area (Å²) in [5.74, 6) is -0.338. The molecular formula is C27H28F3N3O5. The molecule has 0 bridgehead atoms. The summed E-state index contributed by atoms with van der Waals surface area (Å²) in [4.78, 5) is 28.7. The second-order valence-electron chi connectivity index (χ2n) is 9.77. The first-order valence-electron chi connectivity index (χ1n) is 12.3. The Hall–Kier alpha value is -3.57. The summed E-state index contributed by atoms with van der Waals surface area (Å²) in [5, 5.41) is 12.0. The van der Waals surface area contributed by atoms with E-state index in [2.05, 4.69) is 5.32 Å². The van der Waals surface area contributed by atoms with Gasteiger partial charge in [0.2, 0.25) is 5.91 Å². The smallest absolute Gasteiger partial charge is 0.416 e. The van der Waals surface area contributed by atoms with Crippen molar-refractivity contribution in [2.45, 2.75) is 37.6 Å². The van der Waals surface area contributed by atoms with Crippen molar-refractivity contribution in [2.24, 2.45) is 0 Å². The van der Waals surface area contributed by atoms with Crippen molar-refractivity contribution in [1.29, 1.82) is 0 Å². The number of amides is 3. The van der Waals surface area contributed by atoms with Crippen LogP contribution >= 0.6 is 0 Å². The van der Waals surface area contributed by atoms with E-state index in [-0.39, 0.29) is 24.9 Å². The van der Waals surface area contributed by atoms with Crippen LogP contribution in [0.15, 0.2) is 42.5 Å². The van der Waals surface area contributed by atoms with E-state index in [1.165, 1.54) is 21.9 Å². The van der Waals surface area contributed by atoms with Crippen molar-refractivity contribution in [2.75, 3.05) is 43.6 Å². The normalized spacial score (nSPS) is 19.7. The Balaban J connectivity index is 1.42. The van der Waals surface area contributed by atoms with E-state index in [9.17, 15) is 27.9 Å². The van der Waals surface area contributed by atoms with Crippen LogP contribution in [0.25, 0.3) is 5.57 Å². The van der Waals surface area contributed by atoms with Gasteiger partial charge in [-0.3, -0.25) is 9.69 Å². The zero-order chi connectivity index (χ0) is 27.1. The third kappa shape index (κ3) is 5.08. The van der Waals surface area contributed by atoms with Crippen LogP contribution in [0, 0.1) is 0 Å². The number of benzene rings is 2. The number of aliphatic hydroxyl groups excluding tert-OH is 1. The van der Waals surface area contributed by atoms with Crippen LogP contribution in [0.3, 0.4) is 0 Å². The lowest BCUT2D eigenvalue weighted by Gasteiger charge is -2.42. The van der Waals surface area contributed by atoms with Crippen LogP contribution in [-0.2, 0) is 22.3 Å². The van der Waals surface area contributed by atoms with Gasteiger partial charge in [0.25, 0.3) is 0 Å². The molecule has 1 fully saturated rings. The van der Waals surface area contributed by atoms with Crippen molar-refractivity contribution in [3.63, 3.8) is 0 Å². The third-order valence-corrected chi connectivity index (χ3v) is 7.21. The van der Waals surface area contributed by atoms with Crippen molar-refractivity contribution in [3.8, 4) is 5.75 Å². The first kappa shape index (κ1) is 26.1. The van der Waals surface area contributed by atoms with E-state index in [1.807, 2.05) is 6.07 Å². The number of carbonyl (C=O) groups excluding carboxylic acids is 2. The Morgan fingerprint density at radius 2 is 1.95 bits per heavy atom. The maximum absolute atomic E-state index is 13.4. The fraction of sp³-hybridized carbons (Fsp3) is 0.407. The number of alkyl halides is 3. The molecule has 0 radical (unpaired) electrons. The number of aliphatic hydroxyl groups is 1. The summed E-state index contributed by atoms with van der Waals surface area (Å²) >= 11 is 0. The lowest BCUT2D eigenvalue weighted by atomic mass is 9.81. The summed E-state index contributed by atoms with van der Waals surface area (Å²) in [6, 6.07) is 8.32. The highest BCUT2D eigenvalue weighted by atomic mass is 19.4. The van der Waals surface area contributed by atoms with Crippen LogP contribution in [0.4, 0.5) is 29.3 Å². The van der Waals surface area contributed by atoms with Crippen molar-refractivity contribution >= 4 is 28.9 Å². The number of nitrogens with zero attached hydrogens (tertiary/aromatic N) is 2. The van der Waals surface area contributed by atoms with Gasteiger partial charge in [0.1, 0.15) is 11.4 Å². The van der Waals surface area contributed by atoms with Gasteiger partial charge in [-0.2, -0.15) is 13.2 Å². The molecule has 0 aromatic heterocycles. The summed E-state index contributed by atoms with van der Waals surface area (Å²) in [6.45, 7) is 1.27. The fourth-order valence-electron chi connectivity index (χ4n) is 5.22. The molecule has 0 aliphatic carbocycles. The van der Waals surface area contributed by atoms with E-state index >= 15 is 0 Å². The highest BCUT2D eigenvalue weighted by Gasteiger charge is 2.41. The molecule has 38 heavy (non-hydrogen) atoms. The zero-order valence-electron chi connectivity index (χ0n) is 20.8. The molecule has 2 aromatic rings. The summed E-state index contributed by atoms with van der Waals surface area (Å²) < 4.78 is 51.7. The zero-order valence-corrected chi connectivity index (χ0v) is 20.8. The number of β-amino-alcohol motifs (C(OH)–C–C–N with tert-alkyl or cyclic N) is 1. The van der Waals surface area contributed by atoms with Gasteiger partial charge in [-0.25, -0.2) is 4.79 Å². The minimum atomic E-state index is -4.52. The van der Waals surface area contributed by atoms with Gasteiger partial charge in [0.15, 0.2) is 0 Å². The standard InChI is InChI=1S/C27H28F3N3O5/c1-32-22-14-20(4-2-17(22)16-33(8-9-34)25(32)36)31-24(35)12-18-15-26(6-10-37-11-7-26)38-23-13-19(27(28,29)30)3-5-21(18)23/h2-5,12-14,34H,6-11,15-16H2,1H3,(H,31,35). The Morgan fingerprint density at radius 1 is 1.18 bits per heavy atom. The topological polar surface area (TPSA) is 91.3 Å². The number of urea groups is 1. The molecule has 8 nitrogen and oxygen atoms in total. The van der Waals surface area contributed by atoms with Crippen LogP contribution in [-0.4, -0.2) is 61.0 Å². The third-order valence-electron chi connectivity index (χ3n) is 7.21. The minimum absolute atomic E-state index is 0.105. The maximum atomic E-state index is 13.4. The fourth-order valence-corrected chi connectivity index (χ4v) is 5.22. The van der Waals surface area contributed by atoms with Crippen LogP contribution in [0.5, 0.6) is 5.75 Å². The highest BCUT2D eigenvalue weighted by Crippen LogP contribution is 2.46. The molecule has 3 heterocycles. The Morgan fingerprint density at radius 3 is 2.66 bits per heavy atom. The maximum Gasteiger partial charge on any atom is 0.416 e. The summed E-state index contributed by atoms with van der Waals surface area (Å²) in [7, 11) is 1.62. The molecule has 1 saturated heterocycles. The number of anilines is 2. The largest absolute Gasteiger partial charge is 0.486 e. The van der Waals surface area contributed by atoms with Gasteiger partial charge < -0.3 is 24.8 Å². The predicted octanol–water partition coefficient (Wildman–Crippen LogP) is 4.42. The second kappa shape index (κ2) is 9.95. The molecular weight excluding hydrogens is 503 g/mol. The molecule has 202 valence electrons. The number of halogens is 3. The summed E-state index contributed by atoms with van der Waals surface area (Å²) in [6.07, 6.45) is -1.75. The van der Waals surface area contributed by atoms with Crippen LogP contribution < -0.4 is 15.0 Å². The van der Waals surface area contributed by atoms with Gasteiger partial charge in [-0.05, 0) is 35.4 Å². The van der Waals surface area contributed by atoms with Gasteiger partial charge >= 0.3 is 12.2 Å². The Bertz CT molecular complexity index is 1290. The van der Waals surface area contributed by atoms with E-state index in [1.54, 1.807) is 19.2 Å². The van der Waals surface area contributed by atoms with E-state index in [0.29, 0.717) is 61.5 Å². The number of nitrogens with one attached hydrogen (secondary N) is 1. The Labute approximate surface area is 217 Å². The molecule has 3 amide bonds. The Kier molecular flexibility index (Phi) is 6.83. The van der Waals surface area contributed by atoms with Crippen molar-refractivity contribution in [3.05, 3.63) is 59.2 Å². The average molecular weight is 532 g/mol. The molecule has 0 saturated carbocycles. The molecule has 2 N–H and O–H groups in total. The second-order valence-corrected chi connectivity index (χ2v) is 9.77. The number of carbonyl (C=O) groups is 2. The molecule has 0 unspecified atom stereocenters. The van der Waals surface area contributed by atoms with Crippen molar-refractivity contribution < 1.29 is 37.3 Å². The highest BCUT2D eigenvalue weighted by molar-refractivity contribution is 6.05. The number of hydrogen-bond acceptors (Lipinski definition) is 5. The molecule has 5 rings (SSSR count). The SMILES string of the molecule is CN1C(=O)N(CCO)Cc2ccc(NC(=O)C=C3CC4(CCOCC4)Oc4cc(C(F)(F)F)ccc43)cc21. The first-order chi connectivity index (χ1) is 18.1. The lowest BCUT2D eigenvalue weighted by Crippen LogP contribution is -2.46. The van der Waals surface area contributed by atoms with Gasteiger partial charge in [-0.1, -0.05) is 12.1 Å². The quantitative estimate of drug-likeness (QED) is 0.570. The monoisotopic (exact) mass is 531 g/mol. The molecule has 0 atom stereocenters.